The molecule has 20 heavy (non-hydrogen) atoms. The minimum Gasteiger partial charge on any atom is -0.491 e. The zero-order valence-electron chi connectivity index (χ0n) is 11.6. The van der Waals surface area contributed by atoms with Crippen LogP contribution in [0.15, 0.2) is 53.0 Å². The molecule has 0 unspecified atom stereocenters. The SMILES string of the molecule is CCCOCCOc1ccc(-c2ccc(Br)cc2)cc1. The molecule has 106 valence electrons. The van der Waals surface area contributed by atoms with Gasteiger partial charge in [-0.15, -0.1) is 0 Å². The highest BCUT2D eigenvalue weighted by molar-refractivity contribution is 9.10. The Kier molecular flexibility index (Phi) is 6.09. The van der Waals surface area contributed by atoms with Crippen LogP contribution in [0.5, 0.6) is 5.75 Å². The van der Waals surface area contributed by atoms with Crippen LogP contribution in [0.4, 0.5) is 0 Å². The second-order valence-electron chi connectivity index (χ2n) is 4.49. The highest BCUT2D eigenvalue weighted by Gasteiger charge is 1.99. The summed E-state index contributed by atoms with van der Waals surface area (Å²) in [5, 5.41) is 0. The van der Waals surface area contributed by atoms with Crippen molar-refractivity contribution in [2.45, 2.75) is 13.3 Å². The summed E-state index contributed by atoms with van der Waals surface area (Å²) < 4.78 is 12.1. The number of hydrogen-bond donors (Lipinski definition) is 0. The van der Waals surface area contributed by atoms with Crippen molar-refractivity contribution in [1.29, 1.82) is 0 Å². The van der Waals surface area contributed by atoms with Crippen molar-refractivity contribution in [2.75, 3.05) is 19.8 Å². The van der Waals surface area contributed by atoms with Crippen molar-refractivity contribution in [1.82, 2.24) is 0 Å². The maximum Gasteiger partial charge on any atom is 0.119 e. The predicted octanol–water partition coefficient (Wildman–Crippen LogP) is 4.92. The second-order valence-corrected chi connectivity index (χ2v) is 5.41. The molecule has 0 radical (unpaired) electrons. The van der Waals surface area contributed by atoms with Crippen LogP contribution in [0.1, 0.15) is 13.3 Å². The summed E-state index contributed by atoms with van der Waals surface area (Å²) in [5.74, 6) is 0.881. The van der Waals surface area contributed by atoms with E-state index in [9.17, 15) is 0 Å². The molecule has 2 nitrogen and oxygen atoms in total. The Labute approximate surface area is 128 Å². The van der Waals surface area contributed by atoms with E-state index in [0.29, 0.717) is 13.2 Å². The van der Waals surface area contributed by atoms with Gasteiger partial charge in [-0.1, -0.05) is 47.1 Å². The molecular weight excluding hydrogens is 316 g/mol. The standard InChI is InChI=1S/C17H19BrO2/c1-2-11-19-12-13-20-17-9-5-15(6-10-17)14-3-7-16(18)8-4-14/h3-10H,2,11-13H2,1H3. The molecule has 0 aliphatic carbocycles. The van der Waals surface area contributed by atoms with E-state index < -0.39 is 0 Å². The number of hydrogen-bond acceptors (Lipinski definition) is 2. The van der Waals surface area contributed by atoms with Gasteiger partial charge >= 0.3 is 0 Å². The molecular formula is C17H19BrO2. The smallest absolute Gasteiger partial charge is 0.119 e. The van der Waals surface area contributed by atoms with Gasteiger partial charge in [-0.25, -0.2) is 0 Å². The molecule has 0 bridgehead atoms. The first kappa shape index (κ1) is 15.1. The quantitative estimate of drug-likeness (QED) is 0.669. The number of halogens is 1. The van der Waals surface area contributed by atoms with Gasteiger partial charge in [0.1, 0.15) is 12.4 Å². The minimum absolute atomic E-state index is 0.595. The minimum atomic E-state index is 0.595. The van der Waals surface area contributed by atoms with E-state index >= 15 is 0 Å². The van der Waals surface area contributed by atoms with Gasteiger partial charge in [-0.3, -0.25) is 0 Å². The van der Waals surface area contributed by atoms with E-state index in [2.05, 4.69) is 47.1 Å². The Morgan fingerprint density at radius 3 is 2.00 bits per heavy atom. The average Bonchev–Trinajstić information content (AvgIpc) is 2.49. The molecule has 0 N–H and O–H groups in total. The van der Waals surface area contributed by atoms with Crippen LogP contribution < -0.4 is 4.74 Å². The molecule has 0 aliphatic heterocycles. The zero-order valence-corrected chi connectivity index (χ0v) is 13.2. The van der Waals surface area contributed by atoms with E-state index in [0.717, 1.165) is 23.2 Å². The normalized spacial score (nSPS) is 10.5. The Hall–Kier alpha value is -1.32. The van der Waals surface area contributed by atoms with Crippen LogP contribution >= 0.6 is 15.9 Å². The van der Waals surface area contributed by atoms with Crippen molar-refractivity contribution in [2.24, 2.45) is 0 Å². The highest BCUT2D eigenvalue weighted by atomic mass is 79.9. The van der Waals surface area contributed by atoms with E-state index in [4.69, 9.17) is 9.47 Å². The van der Waals surface area contributed by atoms with Crippen LogP contribution in [0.2, 0.25) is 0 Å². The molecule has 0 spiro atoms. The lowest BCUT2D eigenvalue weighted by Crippen LogP contribution is -2.06. The molecule has 0 heterocycles. The summed E-state index contributed by atoms with van der Waals surface area (Å²) in [6.07, 6.45) is 1.04. The van der Waals surface area contributed by atoms with Crippen molar-refractivity contribution in [3.63, 3.8) is 0 Å². The Balaban J connectivity index is 1.88. The first-order valence-corrected chi connectivity index (χ1v) is 7.65. The van der Waals surface area contributed by atoms with Crippen LogP contribution in [0.3, 0.4) is 0 Å². The van der Waals surface area contributed by atoms with Crippen molar-refractivity contribution in [3.8, 4) is 16.9 Å². The van der Waals surface area contributed by atoms with Crippen LogP contribution in [-0.4, -0.2) is 19.8 Å². The Morgan fingerprint density at radius 2 is 1.40 bits per heavy atom. The molecule has 2 rings (SSSR count). The van der Waals surface area contributed by atoms with Gasteiger partial charge in [0, 0.05) is 11.1 Å². The molecule has 0 fully saturated rings. The van der Waals surface area contributed by atoms with E-state index in [1.165, 1.54) is 11.1 Å². The van der Waals surface area contributed by atoms with Crippen LogP contribution in [-0.2, 0) is 4.74 Å². The molecule has 2 aromatic rings. The predicted molar refractivity (Wildman–Crippen MR) is 86.2 cm³/mol. The fourth-order valence-electron chi connectivity index (χ4n) is 1.85. The monoisotopic (exact) mass is 334 g/mol. The largest absolute Gasteiger partial charge is 0.491 e. The summed E-state index contributed by atoms with van der Waals surface area (Å²) in [7, 11) is 0. The lowest BCUT2D eigenvalue weighted by Gasteiger charge is -2.08. The zero-order chi connectivity index (χ0) is 14.2. The maximum absolute atomic E-state index is 5.63. The maximum atomic E-state index is 5.63. The highest BCUT2D eigenvalue weighted by Crippen LogP contribution is 2.23. The lowest BCUT2D eigenvalue weighted by atomic mass is 10.1. The number of rotatable bonds is 7. The molecule has 3 heteroatoms. The lowest BCUT2D eigenvalue weighted by molar-refractivity contribution is 0.101. The van der Waals surface area contributed by atoms with Crippen molar-refractivity contribution >= 4 is 15.9 Å². The topological polar surface area (TPSA) is 18.5 Å². The van der Waals surface area contributed by atoms with E-state index in [-0.39, 0.29) is 0 Å². The molecule has 0 saturated carbocycles. The molecule has 0 aliphatic rings. The third-order valence-corrected chi connectivity index (χ3v) is 3.41. The third kappa shape index (κ3) is 4.66. The molecule has 0 amide bonds. The fraction of sp³-hybridized carbons (Fsp3) is 0.294. The second kappa shape index (κ2) is 8.08. The van der Waals surface area contributed by atoms with Gasteiger partial charge in [0.05, 0.1) is 6.61 Å². The molecule has 0 saturated heterocycles. The first-order valence-electron chi connectivity index (χ1n) is 6.86. The van der Waals surface area contributed by atoms with Gasteiger partial charge in [-0.2, -0.15) is 0 Å². The average molecular weight is 335 g/mol. The van der Waals surface area contributed by atoms with Gasteiger partial charge in [0.15, 0.2) is 0 Å². The number of ether oxygens (including phenoxy) is 2. The van der Waals surface area contributed by atoms with E-state index in [1.54, 1.807) is 0 Å². The number of benzene rings is 2. The van der Waals surface area contributed by atoms with Crippen molar-refractivity contribution in [3.05, 3.63) is 53.0 Å². The first-order chi connectivity index (χ1) is 9.79. The Morgan fingerprint density at radius 1 is 0.800 bits per heavy atom. The molecule has 0 aromatic heterocycles. The fourth-order valence-corrected chi connectivity index (χ4v) is 2.12. The summed E-state index contributed by atoms with van der Waals surface area (Å²) in [5.41, 5.74) is 2.39. The third-order valence-electron chi connectivity index (χ3n) is 2.88. The van der Waals surface area contributed by atoms with Gasteiger partial charge < -0.3 is 9.47 Å². The van der Waals surface area contributed by atoms with Crippen LogP contribution in [0.25, 0.3) is 11.1 Å². The van der Waals surface area contributed by atoms with Gasteiger partial charge in [0.2, 0.25) is 0 Å². The summed E-state index contributed by atoms with van der Waals surface area (Å²) >= 11 is 3.44. The van der Waals surface area contributed by atoms with E-state index in [1.807, 2.05) is 24.3 Å². The van der Waals surface area contributed by atoms with Gasteiger partial charge in [0.25, 0.3) is 0 Å². The molecule has 0 atom stereocenters. The molecule has 2 aromatic carbocycles. The summed E-state index contributed by atoms with van der Waals surface area (Å²) in [4.78, 5) is 0. The Bertz CT molecular complexity index is 506. The van der Waals surface area contributed by atoms with Crippen LogP contribution in [0, 0.1) is 0 Å². The summed E-state index contributed by atoms with van der Waals surface area (Å²) in [6, 6.07) is 16.4. The summed E-state index contributed by atoms with van der Waals surface area (Å²) in [6.45, 7) is 4.13. The van der Waals surface area contributed by atoms with Crippen molar-refractivity contribution < 1.29 is 9.47 Å². The van der Waals surface area contributed by atoms with Gasteiger partial charge in [-0.05, 0) is 41.8 Å².